The molecular formula is C25H36N4S. The normalized spacial score (nSPS) is 28.5. The minimum Gasteiger partial charge on any atom is -0.367 e. The van der Waals surface area contributed by atoms with Crippen LogP contribution < -0.4 is 0 Å². The van der Waals surface area contributed by atoms with E-state index in [1.165, 1.54) is 27.7 Å². The van der Waals surface area contributed by atoms with Gasteiger partial charge in [-0.25, -0.2) is 5.01 Å². The Morgan fingerprint density at radius 3 is 2.50 bits per heavy atom. The maximum Gasteiger partial charge on any atom is 0.0846 e. The Bertz CT molecular complexity index is 856. The minimum absolute atomic E-state index is 0.450. The van der Waals surface area contributed by atoms with Gasteiger partial charge in [0.2, 0.25) is 0 Å². The molecule has 0 radical (unpaired) electrons. The van der Waals surface area contributed by atoms with Gasteiger partial charge in [0.1, 0.15) is 0 Å². The highest BCUT2D eigenvalue weighted by Crippen LogP contribution is 2.39. The highest BCUT2D eigenvalue weighted by Gasteiger charge is 2.31. The molecule has 5 heteroatoms. The third-order valence-electron chi connectivity index (χ3n) is 6.86. The van der Waals surface area contributed by atoms with E-state index < -0.39 is 0 Å². The maximum atomic E-state index is 5.25. The van der Waals surface area contributed by atoms with Crippen LogP contribution in [-0.4, -0.2) is 53.7 Å². The van der Waals surface area contributed by atoms with Gasteiger partial charge in [0.15, 0.2) is 0 Å². The minimum atomic E-state index is 0.450. The zero-order chi connectivity index (χ0) is 21.3. The maximum absolute atomic E-state index is 5.25. The summed E-state index contributed by atoms with van der Waals surface area (Å²) in [5, 5.41) is 9.70. The first kappa shape index (κ1) is 21.4. The molecule has 1 aromatic heterocycles. The van der Waals surface area contributed by atoms with Gasteiger partial charge in [-0.15, -0.1) is 11.3 Å². The lowest BCUT2D eigenvalue weighted by molar-refractivity contribution is 0.184. The zero-order valence-corrected chi connectivity index (χ0v) is 20.0. The molecule has 0 aliphatic carbocycles. The molecule has 0 amide bonds. The molecule has 3 aliphatic heterocycles. The number of hydrogen-bond acceptors (Lipinski definition) is 5. The highest BCUT2D eigenvalue weighted by atomic mass is 32.1. The van der Waals surface area contributed by atoms with Gasteiger partial charge < -0.3 is 9.80 Å². The van der Waals surface area contributed by atoms with Crippen molar-refractivity contribution >= 4 is 22.7 Å². The lowest BCUT2D eigenvalue weighted by Crippen LogP contribution is -2.45. The molecule has 4 nitrogen and oxygen atoms in total. The van der Waals surface area contributed by atoms with Crippen LogP contribution in [0.1, 0.15) is 45.4 Å². The van der Waals surface area contributed by atoms with Gasteiger partial charge in [0.05, 0.1) is 22.0 Å². The first-order chi connectivity index (χ1) is 14.5. The predicted molar refractivity (Wildman–Crippen MR) is 129 cm³/mol. The first-order valence-corrected chi connectivity index (χ1v) is 12.3. The second-order valence-corrected chi connectivity index (χ2v) is 10.0. The predicted octanol–water partition coefficient (Wildman–Crippen LogP) is 5.50. The van der Waals surface area contributed by atoms with Gasteiger partial charge >= 0.3 is 0 Å². The molecular weight excluding hydrogens is 388 g/mol. The number of hydrogen-bond donors (Lipinski definition) is 0. The standard InChI is InChI=1S/C25H36N4S/c1-6-21-17-23-22(28-13-11-27(5)12-14-28)10-9-18(2)16-24(25-8-7-15-30-25)29(23)26-20(4)19(21)3/h7-8,10,15-19,21H,6,9,11-14H2,1-5H3. The fourth-order valence-corrected chi connectivity index (χ4v) is 5.37. The van der Waals surface area contributed by atoms with Crippen LogP contribution in [0.4, 0.5) is 0 Å². The molecule has 1 aromatic rings. The van der Waals surface area contributed by atoms with E-state index in [4.69, 9.17) is 5.10 Å². The lowest BCUT2D eigenvalue weighted by Gasteiger charge is -2.39. The van der Waals surface area contributed by atoms with Crippen molar-refractivity contribution in [2.45, 2.75) is 40.5 Å². The van der Waals surface area contributed by atoms with Crippen molar-refractivity contribution in [3.63, 3.8) is 0 Å². The number of thiophene rings is 1. The van der Waals surface area contributed by atoms with Crippen LogP contribution in [0.25, 0.3) is 5.70 Å². The zero-order valence-electron chi connectivity index (χ0n) is 19.1. The Morgan fingerprint density at radius 1 is 1.07 bits per heavy atom. The molecule has 0 spiro atoms. The second kappa shape index (κ2) is 9.11. The van der Waals surface area contributed by atoms with E-state index in [2.05, 4.69) is 85.3 Å². The van der Waals surface area contributed by atoms with Gasteiger partial charge in [-0.2, -0.15) is 5.10 Å². The van der Waals surface area contributed by atoms with E-state index in [0.717, 1.165) is 39.0 Å². The quantitative estimate of drug-likeness (QED) is 0.640. The van der Waals surface area contributed by atoms with Crippen LogP contribution in [0, 0.1) is 17.8 Å². The Labute approximate surface area is 186 Å². The van der Waals surface area contributed by atoms with Gasteiger partial charge in [0.25, 0.3) is 0 Å². The van der Waals surface area contributed by atoms with Crippen LogP contribution in [-0.2, 0) is 0 Å². The number of rotatable bonds is 3. The molecule has 162 valence electrons. The van der Waals surface area contributed by atoms with E-state index in [1.54, 1.807) is 0 Å². The summed E-state index contributed by atoms with van der Waals surface area (Å²) in [7, 11) is 2.23. The molecule has 4 heterocycles. The van der Waals surface area contributed by atoms with E-state index in [0.29, 0.717) is 17.8 Å². The monoisotopic (exact) mass is 424 g/mol. The molecule has 3 aliphatic rings. The third-order valence-corrected chi connectivity index (χ3v) is 7.76. The molecule has 0 saturated carbocycles. The van der Waals surface area contributed by atoms with Crippen LogP contribution in [0.3, 0.4) is 0 Å². The fraction of sp³-hybridized carbons (Fsp3) is 0.560. The van der Waals surface area contributed by atoms with Crippen molar-refractivity contribution in [1.82, 2.24) is 14.8 Å². The summed E-state index contributed by atoms with van der Waals surface area (Å²) in [5.74, 6) is 1.43. The Kier molecular flexibility index (Phi) is 6.49. The summed E-state index contributed by atoms with van der Waals surface area (Å²) >= 11 is 1.81. The van der Waals surface area contributed by atoms with Crippen molar-refractivity contribution in [1.29, 1.82) is 0 Å². The first-order valence-electron chi connectivity index (χ1n) is 11.4. The topological polar surface area (TPSA) is 22.1 Å². The van der Waals surface area contributed by atoms with Crippen molar-refractivity contribution < 1.29 is 0 Å². The fourth-order valence-electron chi connectivity index (χ4n) is 4.64. The molecule has 1 saturated heterocycles. The van der Waals surface area contributed by atoms with Gasteiger partial charge in [-0.3, -0.25) is 0 Å². The summed E-state index contributed by atoms with van der Waals surface area (Å²) in [6.07, 6.45) is 9.62. The van der Waals surface area contributed by atoms with Crippen LogP contribution in [0.2, 0.25) is 0 Å². The highest BCUT2D eigenvalue weighted by molar-refractivity contribution is 7.11. The molecule has 0 N–H and O–H groups in total. The number of nitrogens with zero attached hydrogens (tertiary/aromatic N) is 4. The lowest BCUT2D eigenvalue weighted by atomic mass is 9.87. The van der Waals surface area contributed by atoms with Gasteiger partial charge in [-0.1, -0.05) is 45.1 Å². The van der Waals surface area contributed by atoms with Crippen molar-refractivity contribution in [3.05, 3.63) is 52.0 Å². The molecule has 3 atom stereocenters. The number of hydrazone groups is 1. The van der Waals surface area contributed by atoms with Crippen LogP contribution >= 0.6 is 11.3 Å². The van der Waals surface area contributed by atoms with E-state index in [-0.39, 0.29) is 0 Å². The summed E-state index contributed by atoms with van der Waals surface area (Å²) in [4.78, 5) is 6.32. The third kappa shape index (κ3) is 4.28. The summed E-state index contributed by atoms with van der Waals surface area (Å²) in [6, 6.07) is 4.38. The van der Waals surface area contributed by atoms with Crippen LogP contribution in [0.15, 0.2) is 52.2 Å². The van der Waals surface area contributed by atoms with Crippen molar-refractivity contribution in [3.8, 4) is 0 Å². The second-order valence-electron chi connectivity index (χ2n) is 9.09. The molecule has 0 aromatic carbocycles. The summed E-state index contributed by atoms with van der Waals surface area (Å²) < 4.78 is 0. The van der Waals surface area contributed by atoms with Crippen molar-refractivity contribution in [2.24, 2.45) is 22.9 Å². The van der Waals surface area contributed by atoms with Crippen molar-refractivity contribution in [2.75, 3.05) is 33.2 Å². The Morgan fingerprint density at radius 2 is 1.83 bits per heavy atom. The van der Waals surface area contributed by atoms with Crippen LogP contribution in [0.5, 0.6) is 0 Å². The van der Waals surface area contributed by atoms with E-state index >= 15 is 0 Å². The number of allylic oxidation sites excluding steroid dienone is 3. The van der Waals surface area contributed by atoms with E-state index in [1.807, 2.05) is 11.3 Å². The molecule has 0 bridgehead atoms. The average molecular weight is 425 g/mol. The summed E-state index contributed by atoms with van der Waals surface area (Å²) in [6.45, 7) is 13.6. The molecule has 30 heavy (non-hydrogen) atoms. The summed E-state index contributed by atoms with van der Waals surface area (Å²) in [5.41, 5.74) is 5.12. The molecule has 1 fully saturated rings. The number of likely N-dealkylation sites (N-methyl/N-ethyl adjacent to an activating group) is 1. The van der Waals surface area contributed by atoms with Gasteiger partial charge in [0, 0.05) is 37.8 Å². The molecule has 3 unspecified atom stereocenters. The van der Waals surface area contributed by atoms with E-state index in [9.17, 15) is 0 Å². The number of piperazine rings is 1. The number of fused-ring (bicyclic) bond motifs is 1. The smallest absolute Gasteiger partial charge is 0.0846 e. The molecule has 4 rings (SSSR count). The largest absolute Gasteiger partial charge is 0.367 e. The Hall–Kier alpha value is -1.85. The average Bonchev–Trinajstić information content (AvgIpc) is 3.23. The SMILES string of the molecule is CCC1C=C2C(N3CCN(C)CC3)=CCC(C)C=C(c3cccs3)N2N=C(C)C1C. The Balaban J connectivity index is 1.85. The van der Waals surface area contributed by atoms with Gasteiger partial charge in [-0.05, 0) is 50.1 Å².